The number of amides is 1. The Hall–Kier alpha value is -1.56. The molecular formula is C17H20Cl2N4O. The number of carbonyl (C=O) groups is 1. The fourth-order valence-corrected chi connectivity index (χ4v) is 3.25. The minimum absolute atomic E-state index is 0.170. The zero-order valence-electron chi connectivity index (χ0n) is 13.4. The summed E-state index contributed by atoms with van der Waals surface area (Å²) in [5.41, 5.74) is 1.21. The van der Waals surface area contributed by atoms with Crippen molar-refractivity contribution in [3.05, 3.63) is 52.3 Å². The van der Waals surface area contributed by atoms with Crippen molar-refractivity contribution in [2.45, 2.75) is 19.5 Å². The predicted octanol–water partition coefficient (Wildman–Crippen LogP) is 2.92. The fourth-order valence-electron chi connectivity index (χ4n) is 2.88. The van der Waals surface area contributed by atoms with Gasteiger partial charge in [0.25, 0.3) is 0 Å². The molecule has 24 heavy (non-hydrogen) atoms. The number of halogens is 2. The van der Waals surface area contributed by atoms with Crippen LogP contribution in [0.25, 0.3) is 0 Å². The van der Waals surface area contributed by atoms with Gasteiger partial charge in [-0.15, -0.1) is 0 Å². The maximum absolute atomic E-state index is 12.3. The molecule has 7 heteroatoms. The van der Waals surface area contributed by atoms with E-state index in [1.165, 1.54) is 5.56 Å². The van der Waals surface area contributed by atoms with Crippen LogP contribution in [0, 0.1) is 0 Å². The van der Waals surface area contributed by atoms with E-state index in [9.17, 15) is 4.79 Å². The van der Waals surface area contributed by atoms with Gasteiger partial charge in [-0.05, 0) is 17.7 Å². The van der Waals surface area contributed by atoms with Crippen LogP contribution in [0.15, 0.2) is 36.7 Å². The SMILES string of the molecule is O=C(CCn1cc(Cl)cn1)N1CCN(Cc2cccc(Cl)c2)CC1. The average molecular weight is 367 g/mol. The standard InChI is InChI=1S/C17H20Cl2N4O/c18-15-3-1-2-14(10-15)12-21-6-8-22(9-7-21)17(24)4-5-23-13-16(19)11-20-23/h1-3,10-11,13H,4-9,12H2. The Morgan fingerprint density at radius 3 is 2.58 bits per heavy atom. The Morgan fingerprint density at radius 2 is 1.92 bits per heavy atom. The molecule has 0 N–H and O–H groups in total. The third kappa shape index (κ3) is 4.72. The second-order valence-electron chi connectivity index (χ2n) is 5.96. The Balaban J connectivity index is 1.43. The molecule has 0 spiro atoms. The number of hydrogen-bond donors (Lipinski definition) is 0. The number of aryl methyl sites for hydroxylation is 1. The van der Waals surface area contributed by atoms with Crippen LogP contribution < -0.4 is 0 Å². The number of rotatable bonds is 5. The maximum Gasteiger partial charge on any atom is 0.224 e. The molecule has 0 aliphatic carbocycles. The second kappa shape index (κ2) is 8.01. The summed E-state index contributed by atoms with van der Waals surface area (Å²) in [5.74, 6) is 0.170. The van der Waals surface area contributed by atoms with Crippen LogP contribution >= 0.6 is 23.2 Å². The Morgan fingerprint density at radius 1 is 1.12 bits per heavy atom. The highest BCUT2D eigenvalue weighted by Gasteiger charge is 2.21. The monoisotopic (exact) mass is 366 g/mol. The molecule has 1 aliphatic heterocycles. The smallest absolute Gasteiger partial charge is 0.224 e. The van der Waals surface area contributed by atoms with E-state index in [4.69, 9.17) is 23.2 Å². The first-order chi connectivity index (χ1) is 11.6. The highest BCUT2D eigenvalue weighted by Crippen LogP contribution is 2.14. The molecule has 2 heterocycles. The molecule has 0 radical (unpaired) electrons. The molecule has 2 aromatic rings. The fraction of sp³-hybridized carbons (Fsp3) is 0.412. The minimum Gasteiger partial charge on any atom is -0.340 e. The van der Waals surface area contributed by atoms with E-state index in [1.807, 2.05) is 23.1 Å². The van der Waals surface area contributed by atoms with Crippen molar-refractivity contribution in [2.24, 2.45) is 0 Å². The molecule has 0 saturated carbocycles. The number of hydrogen-bond acceptors (Lipinski definition) is 3. The molecule has 1 fully saturated rings. The number of nitrogens with zero attached hydrogens (tertiary/aromatic N) is 4. The molecule has 1 aliphatic rings. The summed E-state index contributed by atoms with van der Waals surface area (Å²) >= 11 is 11.9. The molecule has 3 rings (SSSR count). The Kier molecular flexibility index (Phi) is 5.76. The summed E-state index contributed by atoms with van der Waals surface area (Å²) in [6.45, 7) is 4.72. The van der Waals surface area contributed by atoms with Gasteiger partial charge in [-0.25, -0.2) is 0 Å². The van der Waals surface area contributed by atoms with Gasteiger partial charge in [-0.2, -0.15) is 5.10 Å². The van der Waals surface area contributed by atoms with Gasteiger partial charge in [-0.1, -0.05) is 35.3 Å². The highest BCUT2D eigenvalue weighted by atomic mass is 35.5. The first-order valence-electron chi connectivity index (χ1n) is 8.03. The van der Waals surface area contributed by atoms with Crippen LogP contribution in [0.5, 0.6) is 0 Å². The molecule has 128 valence electrons. The first kappa shape index (κ1) is 17.3. The van der Waals surface area contributed by atoms with Crippen LogP contribution in [0.1, 0.15) is 12.0 Å². The third-order valence-electron chi connectivity index (χ3n) is 4.18. The van der Waals surface area contributed by atoms with Crippen molar-refractivity contribution in [3.8, 4) is 0 Å². The van der Waals surface area contributed by atoms with E-state index in [0.29, 0.717) is 18.0 Å². The van der Waals surface area contributed by atoms with Crippen LogP contribution in [0.3, 0.4) is 0 Å². The largest absolute Gasteiger partial charge is 0.340 e. The lowest BCUT2D eigenvalue weighted by Crippen LogP contribution is -2.48. The van der Waals surface area contributed by atoms with E-state index in [1.54, 1.807) is 17.1 Å². The summed E-state index contributed by atoms with van der Waals surface area (Å²) in [4.78, 5) is 16.6. The molecule has 0 bridgehead atoms. The van der Waals surface area contributed by atoms with Crippen molar-refractivity contribution in [1.82, 2.24) is 19.6 Å². The summed E-state index contributed by atoms with van der Waals surface area (Å²) in [7, 11) is 0. The minimum atomic E-state index is 0.170. The number of aromatic nitrogens is 2. The first-order valence-corrected chi connectivity index (χ1v) is 8.78. The van der Waals surface area contributed by atoms with Gasteiger partial charge in [0.2, 0.25) is 5.91 Å². The topological polar surface area (TPSA) is 41.4 Å². The van der Waals surface area contributed by atoms with Crippen molar-refractivity contribution < 1.29 is 4.79 Å². The van der Waals surface area contributed by atoms with Gasteiger partial charge in [0.15, 0.2) is 0 Å². The zero-order valence-corrected chi connectivity index (χ0v) is 14.9. The van der Waals surface area contributed by atoms with E-state index in [-0.39, 0.29) is 5.91 Å². The van der Waals surface area contributed by atoms with Crippen molar-refractivity contribution >= 4 is 29.1 Å². The van der Waals surface area contributed by atoms with Gasteiger partial charge < -0.3 is 4.90 Å². The predicted molar refractivity (Wildman–Crippen MR) is 95.2 cm³/mol. The Labute approximate surface area is 151 Å². The van der Waals surface area contributed by atoms with Crippen molar-refractivity contribution in [1.29, 1.82) is 0 Å². The van der Waals surface area contributed by atoms with Gasteiger partial charge in [-0.3, -0.25) is 14.4 Å². The molecule has 5 nitrogen and oxygen atoms in total. The lowest BCUT2D eigenvalue weighted by molar-refractivity contribution is -0.133. The zero-order chi connectivity index (χ0) is 16.9. The molecule has 0 atom stereocenters. The van der Waals surface area contributed by atoms with Crippen LogP contribution in [0.2, 0.25) is 10.0 Å². The van der Waals surface area contributed by atoms with Gasteiger partial charge in [0.05, 0.1) is 11.2 Å². The van der Waals surface area contributed by atoms with E-state index < -0.39 is 0 Å². The highest BCUT2D eigenvalue weighted by molar-refractivity contribution is 6.30. The Bertz CT molecular complexity index is 695. The molecule has 1 aromatic carbocycles. The lowest BCUT2D eigenvalue weighted by atomic mass is 10.2. The molecule has 0 unspecified atom stereocenters. The maximum atomic E-state index is 12.3. The summed E-state index contributed by atoms with van der Waals surface area (Å²) in [6, 6.07) is 7.93. The van der Waals surface area contributed by atoms with Gasteiger partial charge in [0.1, 0.15) is 0 Å². The van der Waals surface area contributed by atoms with Gasteiger partial charge in [0, 0.05) is 56.9 Å². The number of benzene rings is 1. The lowest BCUT2D eigenvalue weighted by Gasteiger charge is -2.34. The van der Waals surface area contributed by atoms with E-state index >= 15 is 0 Å². The summed E-state index contributed by atoms with van der Waals surface area (Å²) < 4.78 is 1.70. The van der Waals surface area contributed by atoms with Crippen LogP contribution in [0.4, 0.5) is 0 Å². The normalized spacial score (nSPS) is 15.7. The van der Waals surface area contributed by atoms with Crippen molar-refractivity contribution in [2.75, 3.05) is 26.2 Å². The second-order valence-corrected chi connectivity index (χ2v) is 6.83. The molecule has 1 saturated heterocycles. The molecule has 1 amide bonds. The van der Waals surface area contributed by atoms with E-state index in [2.05, 4.69) is 16.1 Å². The van der Waals surface area contributed by atoms with Crippen LogP contribution in [-0.4, -0.2) is 51.7 Å². The molecule has 1 aromatic heterocycles. The molecular weight excluding hydrogens is 347 g/mol. The summed E-state index contributed by atoms with van der Waals surface area (Å²) in [5, 5.41) is 5.45. The number of carbonyl (C=O) groups excluding carboxylic acids is 1. The van der Waals surface area contributed by atoms with Crippen LogP contribution in [-0.2, 0) is 17.9 Å². The van der Waals surface area contributed by atoms with Gasteiger partial charge >= 0.3 is 0 Å². The third-order valence-corrected chi connectivity index (χ3v) is 4.61. The summed E-state index contributed by atoms with van der Waals surface area (Å²) in [6.07, 6.45) is 3.77. The quantitative estimate of drug-likeness (QED) is 0.816. The van der Waals surface area contributed by atoms with E-state index in [0.717, 1.165) is 37.7 Å². The number of piperazine rings is 1. The average Bonchev–Trinajstić information content (AvgIpc) is 2.99. The van der Waals surface area contributed by atoms with Crippen molar-refractivity contribution in [3.63, 3.8) is 0 Å².